The molecule has 0 aliphatic carbocycles. The van der Waals surface area contributed by atoms with Crippen LogP contribution in [-0.4, -0.2) is 18.1 Å². The molecule has 1 aromatic carbocycles. The predicted octanol–water partition coefficient (Wildman–Crippen LogP) is 3.19. The summed E-state index contributed by atoms with van der Waals surface area (Å²) in [6.07, 6.45) is 1.85. The van der Waals surface area contributed by atoms with Crippen LogP contribution in [0.15, 0.2) is 30.2 Å². The molecule has 6 heteroatoms. The number of nitro groups is 1. The molecular weight excluding hydrogens is 253 g/mol. The molecule has 0 atom stereocenters. The number of rotatable bonds is 7. The second kappa shape index (κ2) is 7.35. The molecule has 0 unspecified atom stereocenters. The molecule has 0 aromatic heterocycles. The second-order valence-corrected chi connectivity index (χ2v) is 3.62. The Bertz CT molecular complexity index is 466. The lowest BCUT2D eigenvalue weighted by molar-refractivity contribution is -0.385. The van der Waals surface area contributed by atoms with Gasteiger partial charge in [-0.3, -0.25) is 10.1 Å². The Morgan fingerprint density at radius 1 is 1.37 bits per heavy atom. The predicted molar refractivity (Wildman–Crippen MR) is 68.1 cm³/mol. The van der Waals surface area contributed by atoms with Crippen molar-refractivity contribution >= 4 is 5.69 Å². The van der Waals surface area contributed by atoms with Crippen molar-refractivity contribution < 1.29 is 18.8 Å². The first-order valence-electron chi connectivity index (χ1n) is 5.97. The summed E-state index contributed by atoms with van der Waals surface area (Å²) in [6, 6.07) is 3.49. The van der Waals surface area contributed by atoms with Gasteiger partial charge in [-0.25, -0.2) is 4.39 Å². The average molecular weight is 269 g/mol. The molecule has 0 radical (unpaired) electrons. The van der Waals surface area contributed by atoms with E-state index in [1.165, 1.54) is 12.1 Å². The van der Waals surface area contributed by atoms with Gasteiger partial charge >= 0.3 is 0 Å². The summed E-state index contributed by atoms with van der Waals surface area (Å²) >= 11 is 0. The van der Waals surface area contributed by atoms with Gasteiger partial charge in [0.2, 0.25) is 0 Å². The topological polar surface area (TPSA) is 61.6 Å². The fourth-order valence-electron chi connectivity index (χ4n) is 1.52. The highest BCUT2D eigenvalue weighted by molar-refractivity contribution is 5.41. The van der Waals surface area contributed by atoms with E-state index in [1.54, 1.807) is 6.08 Å². The normalized spacial score (nSPS) is 9.84. The summed E-state index contributed by atoms with van der Waals surface area (Å²) in [6.45, 7) is 4.51. The van der Waals surface area contributed by atoms with Gasteiger partial charge in [0.05, 0.1) is 24.2 Å². The number of ether oxygens (including phenoxy) is 2. The fraction of sp³-hybridized carbons (Fsp3) is 0.385. The van der Waals surface area contributed by atoms with Crippen LogP contribution >= 0.6 is 0 Å². The van der Waals surface area contributed by atoms with Crippen LogP contribution in [0.5, 0.6) is 0 Å². The lowest BCUT2D eigenvalue weighted by atomic mass is 10.1. The molecule has 19 heavy (non-hydrogen) atoms. The Balaban J connectivity index is 2.91. The van der Waals surface area contributed by atoms with Gasteiger partial charge in [-0.15, -0.1) is 0 Å². The Kier molecular flexibility index (Phi) is 5.78. The van der Waals surface area contributed by atoms with Crippen molar-refractivity contribution in [1.29, 1.82) is 0 Å². The number of benzene rings is 1. The Hall–Kier alpha value is -2.11. The smallest absolute Gasteiger partial charge is 0.275 e. The van der Waals surface area contributed by atoms with Gasteiger partial charge in [-0.1, -0.05) is 0 Å². The van der Waals surface area contributed by atoms with Crippen LogP contribution in [0.25, 0.3) is 0 Å². The third kappa shape index (κ3) is 4.57. The van der Waals surface area contributed by atoms with Crippen molar-refractivity contribution in [3.05, 3.63) is 51.7 Å². The average Bonchev–Trinajstić information content (AvgIpc) is 2.37. The molecule has 0 saturated heterocycles. The molecule has 0 saturated carbocycles. The zero-order chi connectivity index (χ0) is 14.3. The Morgan fingerprint density at radius 2 is 2.00 bits per heavy atom. The number of hydrogen-bond donors (Lipinski definition) is 0. The first-order chi connectivity index (χ1) is 9.08. The molecule has 1 rings (SSSR count). The van der Waals surface area contributed by atoms with Crippen LogP contribution < -0.4 is 0 Å². The monoisotopic (exact) mass is 269 g/mol. The lowest BCUT2D eigenvalue weighted by Gasteiger charge is -2.08. The zero-order valence-corrected chi connectivity index (χ0v) is 10.9. The van der Waals surface area contributed by atoms with Gasteiger partial charge < -0.3 is 9.47 Å². The van der Waals surface area contributed by atoms with Crippen LogP contribution in [0.4, 0.5) is 10.1 Å². The van der Waals surface area contributed by atoms with Crippen LogP contribution in [-0.2, 0) is 15.9 Å². The van der Waals surface area contributed by atoms with Gasteiger partial charge in [0.15, 0.2) is 0 Å². The molecule has 0 aliphatic rings. The molecule has 1 aromatic rings. The first-order valence-corrected chi connectivity index (χ1v) is 5.97. The molecule has 0 bridgehead atoms. The van der Waals surface area contributed by atoms with Crippen LogP contribution in [0, 0.1) is 15.9 Å². The van der Waals surface area contributed by atoms with Crippen molar-refractivity contribution in [3.63, 3.8) is 0 Å². The number of nitrogens with zero attached hydrogens (tertiary/aromatic N) is 1. The molecule has 0 amide bonds. The summed E-state index contributed by atoms with van der Waals surface area (Å²) in [5.74, 6) is -0.308. The summed E-state index contributed by atoms with van der Waals surface area (Å²) in [5, 5.41) is 10.8. The fourth-order valence-corrected chi connectivity index (χ4v) is 1.52. The summed E-state index contributed by atoms with van der Waals surface area (Å²) in [5.41, 5.74) is 0.159. The molecule has 5 nitrogen and oxygen atoms in total. The largest absolute Gasteiger partial charge is 0.466 e. The van der Waals surface area contributed by atoms with E-state index in [9.17, 15) is 14.5 Å². The quantitative estimate of drug-likeness (QED) is 0.433. The highest BCUT2D eigenvalue weighted by Crippen LogP contribution is 2.21. The molecule has 0 N–H and O–H groups in total. The van der Waals surface area contributed by atoms with Crippen LogP contribution in [0.2, 0.25) is 0 Å². The van der Waals surface area contributed by atoms with Crippen LogP contribution in [0.1, 0.15) is 19.4 Å². The van der Waals surface area contributed by atoms with Crippen molar-refractivity contribution in [2.24, 2.45) is 0 Å². The number of nitro benzene ring substituents is 1. The van der Waals surface area contributed by atoms with Gasteiger partial charge in [0, 0.05) is 18.1 Å². The van der Waals surface area contributed by atoms with E-state index in [1.807, 2.05) is 13.8 Å². The summed E-state index contributed by atoms with van der Waals surface area (Å²) in [7, 11) is 0. The maximum atomic E-state index is 13.0. The minimum Gasteiger partial charge on any atom is -0.466 e. The van der Waals surface area contributed by atoms with E-state index >= 15 is 0 Å². The first kappa shape index (κ1) is 14.9. The molecule has 104 valence electrons. The maximum absolute atomic E-state index is 13.0. The molecule has 0 spiro atoms. The second-order valence-electron chi connectivity index (χ2n) is 3.62. The summed E-state index contributed by atoms with van der Waals surface area (Å²) in [4.78, 5) is 10.2. The SMILES string of the molecule is CCOC(=CCc1ccc(F)cc1[N+](=O)[O-])OCC. The van der Waals surface area contributed by atoms with Crippen molar-refractivity contribution in [3.8, 4) is 0 Å². The van der Waals surface area contributed by atoms with E-state index in [0.29, 0.717) is 24.7 Å². The molecule has 0 heterocycles. The van der Waals surface area contributed by atoms with Crippen molar-refractivity contribution in [2.75, 3.05) is 13.2 Å². The highest BCUT2D eigenvalue weighted by atomic mass is 19.1. The zero-order valence-electron chi connectivity index (χ0n) is 10.9. The van der Waals surface area contributed by atoms with E-state index in [2.05, 4.69) is 0 Å². The third-order valence-corrected chi connectivity index (χ3v) is 2.31. The minimum absolute atomic E-state index is 0.242. The standard InChI is InChI=1S/C13H16FNO4/c1-3-18-13(19-4-2)8-6-10-5-7-11(14)9-12(10)15(16)17/h5,7-9H,3-4,6H2,1-2H3. The van der Waals surface area contributed by atoms with Gasteiger partial charge in [0.1, 0.15) is 5.82 Å². The number of halogens is 1. The van der Waals surface area contributed by atoms with Gasteiger partial charge in [-0.2, -0.15) is 0 Å². The third-order valence-electron chi connectivity index (χ3n) is 2.31. The van der Waals surface area contributed by atoms with E-state index in [4.69, 9.17) is 9.47 Å². The van der Waals surface area contributed by atoms with Crippen LogP contribution in [0.3, 0.4) is 0 Å². The van der Waals surface area contributed by atoms with Crippen molar-refractivity contribution in [1.82, 2.24) is 0 Å². The maximum Gasteiger partial charge on any atom is 0.275 e. The van der Waals surface area contributed by atoms with E-state index in [-0.39, 0.29) is 12.1 Å². The van der Waals surface area contributed by atoms with E-state index < -0.39 is 10.7 Å². The number of allylic oxidation sites excluding steroid dienone is 1. The summed E-state index contributed by atoms with van der Waals surface area (Å²) < 4.78 is 23.4. The lowest BCUT2D eigenvalue weighted by Crippen LogP contribution is -2.00. The van der Waals surface area contributed by atoms with Gasteiger partial charge in [0.25, 0.3) is 11.6 Å². The molecular formula is C13H16FNO4. The Morgan fingerprint density at radius 3 is 2.53 bits per heavy atom. The van der Waals surface area contributed by atoms with Crippen molar-refractivity contribution in [2.45, 2.75) is 20.3 Å². The Labute approximate surface area is 110 Å². The molecule has 0 aliphatic heterocycles. The van der Waals surface area contributed by atoms with Gasteiger partial charge in [-0.05, 0) is 26.0 Å². The number of hydrogen-bond acceptors (Lipinski definition) is 4. The van der Waals surface area contributed by atoms with E-state index in [0.717, 1.165) is 6.07 Å². The molecule has 0 fully saturated rings. The highest BCUT2D eigenvalue weighted by Gasteiger charge is 2.14. The minimum atomic E-state index is -0.630.